The van der Waals surface area contributed by atoms with Crippen LogP contribution in [0.4, 0.5) is 4.39 Å². The Hall–Kier alpha value is -2.27. The highest BCUT2D eigenvalue weighted by Gasteiger charge is 2.21. The van der Waals surface area contributed by atoms with E-state index in [1.807, 2.05) is 31.2 Å². The smallest absolute Gasteiger partial charge is 0.227 e. The van der Waals surface area contributed by atoms with Crippen LogP contribution in [0.1, 0.15) is 23.5 Å². The third-order valence-electron chi connectivity index (χ3n) is 3.94. The summed E-state index contributed by atoms with van der Waals surface area (Å²) in [5, 5.41) is 0.885. The van der Waals surface area contributed by atoms with Gasteiger partial charge in [-0.25, -0.2) is 9.37 Å². The average Bonchev–Trinajstić information content (AvgIpc) is 2.99. The number of hydrogen-bond donors (Lipinski definition) is 0. The lowest BCUT2D eigenvalue weighted by molar-refractivity contribution is -0.131. The molecule has 0 saturated heterocycles. The first-order valence-corrected chi connectivity index (χ1v) is 8.22. The number of rotatable bonds is 4. The van der Waals surface area contributed by atoms with Crippen molar-refractivity contribution in [2.24, 2.45) is 0 Å². The van der Waals surface area contributed by atoms with Crippen LogP contribution in [-0.2, 0) is 11.2 Å². The number of likely N-dealkylation sites (N-methyl/N-ethyl adjacent to an activating group) is 1. The summed E-state index contributed by atoms with van der Waals surface area (Å²) >= 11 is 1.58. The van der Waals surface area contributed by atoms with Crippen LogP contribution in [0.3, 0.4) is 0 Å². The molecular formula is C18H17FN2OS. The van der Waals surface area contributed by atoms with Crippen LogP contribution in [0, 0.1) is 5.82 Å². The quantitative estimate of drug-likeness (QED) is 0.719. The molecule has 0 aliphatic rings. The van der Waals surface area contributed by atoms with Gasteiger partial charge in [-0.1, -0.05) is 30.3 Å². The van der Waals surface area contributed by atoms with Gasteiger partial charge in [-0.15, -0.1) is 11.3 Å². The fraction of sp³-hybridized carbons (Fsp3) is 0.222. The van der Waals surface area contributed by atoms with Crippen molar-refractivity contribution in [3.63, 3.8) is 0 Å². The first-order valence-electron chi connectivity index (χ1n) is 7.41. The summed E-state index contributed by atoms with van der Waals surface area (Å²) in [6, 6.07) is 14.1. The van der Waals surface area contributed by atoms with E-state index in [1.54, 1.807) is 41.5 Å². The van der Waals surface area contributed by atoms with Crippen molar-refractivity contribution < 1.29 is 9.18 Å². The number of carbonyl (C=O) groups excluding carboxylic acids is 1. The molecule has 3 nitrogen and oxygen atoms in total. The van der Waals surface area contributed by atoms with E-state index in [2.05, 4.69) is 4.98 Å². The van der Waals surface area contributed by atoms with E-state index < -0.39 is 0 Å². The molecule has 0 fully saturated rings. The second-order valence-corrected chi connectivity index (χ2v) is 6.53. The molecule has 1 unspecified atom stereocenters. The molecule has 1 amide bonds. The van der Waals surface area contributed by atoms with Crippen LogP contribution < -0.4 is 0 Å². The number of hydrogen-bond acceptors (Lipinski definition) is 3. The Morgan fingerprint density at radius 1 is 1.22 bits per heavy atom. The standard InChI is InChI=1S/C18H17FN2OS/c1-12(18-20-15-9-5-6-10-16(15)23-18)21(2)17(22)11-13-7-3-4-8-14(13)19/h3-10,12H,11H2,1-2H3. The first-order chi connectivity index (χ1) is 11.1. The molecule has 1 aromatic heterocycles. The topological polar surface area (TPSA) is 33.2 Å². The summed E-state index contributed by atoms with van der Waals surface area (Å²) < 4.78 is 14.8. The van der Waals surface area contributed by atoms with Crippen molar-refractivity contribution in [1.82, 2.24) is 9.88 Å². The lowest BCUT2D eigenvalue weighted by atomic mass is 10.1. The number of fused-ring (bicyclic) bond motifs is 1. The average molecular weight is 328 g/mol. The van der Waals surface area contributed by atoms with Gasteiger partial charge < -0.3 is 4.90 Å². The van der Waals surface area contributed by atoms with Gasteiger partial charge in [0, 0.05) is 7.05 Å². The van der Waals surface area contributed by atoms with Crippen molar-refractivity contribution in [1.29, 1.82) is 0 Å². The number of aromatic nitrogens is 1. The van der Waals surface area contributed by atoms with Gasteiger partial charge in [0.25, 0.3) is 0 Å². The minimum Gasteiger partial charge on any atom is -0.336 e. The molecule has 1 heterocycles. The Morgan fingerprint density at radius 3 is 2.65 bits per heavy atom. The van der Waals surface area contributed by atoms with E-state index in [0.29, 0.717) is 5.56 Å². The van der Waals surface area contributed by atoms with Crippen molar-refractivity contribution in [3.05, 3.63) is 64.9 Å². The highest BCUT2D eigenvalue weighted by atomic mass is 32.1. The minimum absolute atomic E-state index is 0.0540. The molecule has 0 N–H and O–H groups in total. The van der Waals surface area contributed by atoms with Crippen molar-refractivity contribution >= 4 is 27.5 Å². The van der Waals surface area contributed by atoms with E-state index in [0.717, 1.165) is 15.2 Å². The van der Waals surface area contributed by atoms with Crippen molar-refractivity contribution in [3.8, 4) is 0 Å². The number of carbonyl (C=O) groups is 1. The van der Waals surface area contributed by atoms with Gasteiger partial charge in [0.15, 0.2) is 0 Å². The Balaban J connectivity index is 1.77. The van der Waals surface area contributed by atoms with E-state index in [4.69, 9.17) is 0 Å². The van der Waals surface area contributed by atoms with E-state index in [-0.39, 0.29) is 24.2 Å². The van der Waals surface area contributed by atoms with Crippen molar-refractivity contribution in [2.45, 2.75) is 19.4 Å². The van der Waals surface area contributed by atoms with Gasteiger partial charge in [0.1, 0.15) is 10.8 Å². The lowest BCUT2D eigenvalue weighted by Crippen LogP contribution is -2.31. The zero-order chi connectivity index (χ0) is 16.4. The molecule has 0 saturated carbocycles. The summed E-state index contributed by atoms with van der Waals surface area (Å²) in [7, 11) is 1.74. The van der Waals surface area contributed by atoms with E-state index >= 15 is 0 Å². The largest absolute Gasteiger partial charge is 0.336 e. The van der Waals surface area contributed by atoms with Crippen LogP contribution in [0.5, 0.6) is 0 Å². The maximum Gasteiger partial charge on any atom is 0.227 e. The van der Waals surface area contributed by atoms with Gasteiger partial charge in [0.05, 0.1) is 22.7 Å². The van der Waals surface area contributed by atoms with Gasteiger partial charge >= 0.3 is 0 Å². The number of amides is 1. The summed E-state index contributed by atoms with van der Waals surface area (Å²) in [4.78, 5) is 18.7. The third-order valence-corrected chi connectivity index (χ3v) is 5.15. The second-order valence-electron chi connectivity index (χ2n) is 5.47. The predicted octanol–water partition coefficient (Wildman–Crippen LogP) is 4.20. The fourth-order valence-corrected chi connectivity index (χ4v) is 3.44. The van der Waals surface area contributed by atoms with E-state index in [9.17, 15) is 9.18 Å². The lowest BCUT2D eigenvalue weighted by Gasteiger charge is -2.23. The molecule has 0 aliphatic carbocycles. The van der Waals surface area contributed by atoms with Crippen LogP contribution in [-0.4, -0.2) is 22.8 Å². The SMILES string of the molecule is CC(c1nc2ccccc2s1)N(C)C(=O)Cc1ccccc1F. The second kappa shape index (κ2) is 6.46. The molecule has 0 aliphatic heterocycles. The molecule has 23 heavy (non-hydrogen) atoms. The van der Waals surface area contributed by atoms with E-state index in [1.165, 1.54) is 6.07 Å². The molecule has 2 aromatic carbocycles. The molecule has 3 aromatic rings. The molecule has 118 valence electrons. The molecule has 0 radical (unpaired) electrons. The Morgan fingerprint density at radius 2 is 1.91 bits per heavy atom. The highest BCUT2D eigenvalue weighted by Crippen LogP contribution is 2.29. The van der Waals surface area contributed by atoms with Crippen LogP contribution in [0.15, 0.2) is 48.5 Å². The number of para-hydroxylation sites is 1. The minimum atomic E-state index is -0.345. The summed E-state index contributed by atoms with van der Waals surface area (Å²) in [6.45, 7) is 1.94. The summed E-state index contributed by atoms with van der Waals surface area (Å²) in [6.07, 6.45) is 0.0540. The Bertz CT molecular complexity index is 813. The normalized spacial score (nSPS) is 12.3. The van der Waals surface area contributed by atoms with Gasteiger partial charge in [-0.2, -0.15) is 0 Å². The Kier molecular flexibility index (Phi) is 4.39. The number of halogens is 1. The maximum absolute atomic E-state index is 13.7. The number of nitrogens with zero attached hydrogens (tertiary/aromatic N) is 2. The summed E-state index contributed by atoms with van der Waals surface area (Å²) in [5.41, 5.74) is 1.36. The van der Waals surface area contributed by atoms with Crippen LogP contribution in [0.2, 0.25) is 0 Å². The fourth-order valence-electron chi connectivity index (χ4n) is 2.38. The maximum atomic E-state index is 13.7. The van der Waals surface area contributed by atoms with Gasteiger partial charge in [-0.3, -0.25) is 4.79 Å². The molecular weight excluding hydrogens is 311 g/mol. The predicted molar refractivity (Wildman–Crippen MR) is 90.9 cm³/mol. The van der Waals surface area contributed by atoms with Crippen molar-refractivity contribution in [2.75, 3.05) is 7.05 Å². The molecule has 3 rings (SSSR count). The monoisotopic (exact) mass is 328 g/mol. The number of thiazole rings is 1. The molecule has 5 heteroatoms. The zero-order valence-electron chi connectivity index (χ0n) is 13.0. The van der Waals surface area contributed by atoms with Crippen LogP contribution >= 0.6 is 11.3 Å². The van der Waals surface area contributed by atoms with Gasteiger partial charge in [-0.05, 0) is 30.7 Å². The number of benzene rings is 2. The first kappa shape index (κ1) is 15.6. The Labute approximate surface area is 138 Å². The highest BCUT2D eigenvalue weighted by molar-refractivity contribution is 7.18. The molecule has 1 atom stereocenters. The molecule has 0 bridgehead atoms. The third kappa shape index (κ3) is 3.24. The van der Waals surface area contributed by atoms with Gasteiger partial charge in [0.2, 0.25) is 5.91 Å². The summed E-state index contributed by atoms with van der Waals surface area (Å²) in [5.74, 6) is -0.469. The molecule has 0 spiro atoms. The van der Waals surface area contributed by atoms with Crippen LogP contribution in [0.25, 0.3) is 10.2 Å². The zero-order valence-corrected chi connectivity index (χ0v) is 13.8.